The Morgan fingerprint density at radius 1 is 0.783 bits per heavy atom. The lowest BCUT2D eigenvalue weighted by molar-refractivity contribution is -0.140. The van der Waals surface area contributed by atoms with Gasteiger partial charge < -0.3 is 15.0 Å². The van der Waals surface area contributed by atoms with Crippen LogP contribution in [0.15, 0.2) is 108 Å². The van der Waals surface area contributed by atoms with Gasteiger partial charge >= 0.3 is 0 Å². The molecule has 9 heteroatoms. The number of nitrogens with one attached hydrogen (secondary N) is 1. The van der Waals surface area contributed by atoms with E-state index in [0.29, 0.717) is 24.6 Å². The zero-order chi connectivity index (χ0) is 33.1. The van der Waals surface area contributed by atoms with Crippen molar-refractivity contribution in [2.75, 3.05) is 24.0 Å². The zero-order valence-corrected chi connectivity index (χ0v) is 27.8. The molecule has 0 radical (unpaired) electrons. The van der Waals surface area contributed by atoms with Gasteiger partial charge in [0, 0.05) is 19.5 Å². The summed E-state index contributed by atoms with van der Waals surface area (Å²) in [7, 11) is -4.18. The van der Waals surface area contributed by atoms with Gasteiger partial charge in [-0.15, -0.1) is 0 Å². The first-order chi connectivity index (χ1) is 22.1. The molecule has 0 aliphatic carbocycles. The van der Waals surface area contributed by atoms with E-state index in [1.807, 2.05) is 82.3 Å². The average Bonchev–Trinajstić information content (AvgIpc) is 3.06. The van der Waals surface area contributed by atoms with E-state index in [-0.39, 0.29) is 23.8 Å². The number of carbonyl (C=O) groups excluding carboxylic acids is 2. The van der Waals surface area contributed by atoms with Gasteiger partial charge in [-0.05, 0) is 74.7 Å². The largest absolute Gasteiger partial charge is 0.494 e. The molecule has 1 atom stereocenters. The van der Waals surface area contributed by atoms with E-state index in [2.05, 4.69) is 5.32 Å². The van der Waals surface area contributed by atoms with Gasteiger partial charge in [0.05, 0.1) is 17.2 Å². The third-order valence-electron chi connectivity index (χ3n) is 7.62. The monoisotopic (exact) mass is 641 g/mol. The first kappa shape index (κ1) is 34.2. The number of rotatable bonds is 15. The quantitative estimate of drug-likeness (QED) is 0.170. The van der Waals surface area contributed by atoms with Gasteiger partial charge in [0.15, 0.2) is 0 Å². The van der Waals surface area contributed by atoms with Crippen molar-refractivity contribution >= 4 is 27.5 Å². The molecule has 4 rings (SSSR count). The van der Waals surface area contributed by atoms with E-state index < -0.39 is 28.5 Å². The lowest BCUT2D eigenvalue weighted by Crippen LogP contribution is -2.53. The van der Waals surface area contributed by atoms with Crippen molar-refractivity contribution in [3.8, 4) is 5.75 Å². The molecule has 2 amide bonds. The lowest BCUT2D eigenvalue weighted by atomic mass is 10.0. The van der Waals surface area contributed by atoms with Gasteiger partial charge in [-0.25, -0.2) is 8.42 Å². The summed E-state index contributed by atoms with van der Waals surface area (Å²) in [5, 5.41) is 2.97. The zero-order valence-electron chi connectivity index (χ0n) is 27.0. The van der Waals surface area contributed by atoms with Crippen molar-refractivity contribution in [3.63, 3.8) is 0 Å². The van der Waals surface area contributed by atoms with E-state index in [4.69, 9.17) is 4.74 Å². The highest BCUT2D eigenvalue weighted by Crippen LogP contribution is 2.27. The standard InChI is InChI=1S/C37H43N3O5S/c1-5-24-38-37(42)35(25-30-10-8-7-9-11-30)39(26-31-16-12-28(3)13-17-31)36(41)27-40(32-18-20-33(21-19-32)45-6-2)46(43,44)34-22-14-29(4)15-23-34/h7-23,35H,5-6,24-27H2,1-4H3,(H,38,42)/t35-/m1/s1. The van der Waals surface area contributed by atoms with Crippen LogP contribution >= 0.6 is 0 Å². The second kappa shape index (κ2) is 16.1. The SMILES string of the molecule is CCCNC(=O)[C@@H](Cc1ccccc1)N(Cc1ccc(C)cc1)C(=O)CN(c1ccc(OCC)cc1)S(=O)(=O)c1ccc(C)cc1. The van der Waals surface area contributed by atoms with Gasteiger partial charge in [0.2, 0.25) is 11.8 Å². The maximum Gasteiger partial charge on any atom is 0.264 e. The second-order valence-corrected chi connectivity index (χ2v) is 13.1. The average molecular weight is 642 g/mol. The molecule has 0 unspecified atom stereocenters. The first-order valence-corrected chi connectivity index (χ1v) is 17.0. The minimum Gasteiger partial charge on any atom is -0.494 e. The number of hydrogen-bond acceptors (Lipinski definition) is 5. The summed E-state index contributed by atoms with van der Waals surface area (Å²) in [6.07, 6.45) is 0.998. The third-order valence-corrected chi connectivity index (χ3v) is 9.41. The van der Waals surface area contributed by atoms with Crippen LogP contribution in [-0.2, 0) is 32.6 Å². The highest BCUT2D eigenvalue weighted by Gasteiger charge is 2.34. The van der Waals surface area contributed by atoms with Gasteiger partial charge in [-0.2, -0.15) is 0 Å². The minimum atomic E-state index is -4.18. The van der Waals surface area contributed by atoms with E-state index >= 15 is 0 Å². The number of benzene rings is 4. The Morgan fingerprint density at radius 2 is 1.39 bits per heavy atom. The van der Waals surface area contributed by atoms with Crippen LogP contribution in [0, 0.1) is 13.8 Å². The van der Waals surface area contributed by atoms with Crippen LogP contribution in [0.1, 0.15) is 42.5 Å². The number of nitrogens with zero attached hydrogens (tertiary/aromatic N) is 2. The number of amides is 2. The highest BCUT2D eigenvalue weighted by atomic mass is 32.2. The number of sulfonamides is 1. The van der Waals surface area contributed by atoms with Crippen LogP contribution in [0.3, 0.4) is 0 Å². The third kappa shape index (κ3) is 8.97. The van der Waals surface area contributed by atoms with Crippen LogP contribution in [0.2, 0.25) is 0 Å². The van der Waals surface area contributed by atoms with Crippen LogP contribution in [-0.4, -0.2) is 50.9 Å². The summed E-state index contributed by atoms with van der Waals surface area (Å²) in [6, 6.07) is 29.5. The van der Waals surface area contributed by atoms with Crippen LogP contribution < -0.4 is 14.4 Å². The number of hydrogen-bond donors (Lipinski definition) is 1. The van der Waals surface area contributed by atoms with Crippen LogP contribution in [0.25, 0.3) is 0 Å². The summed E-state index contributed by atoms with van der Waals surface area (Å²) in [5.41, 5.74) is 4.00. The normalized spacial score (nSPS) is 11.8. The van der Waals surface area contributed by atoms with E-state index in [1.165, 1.54) is 17.0 Å². The fraction of sp³-hybridized carbons (Fsp3) is 0.297. The van der Waals surface area contributed by atoms with E-state index in [0.717, 1.165) is 33.0 Å². The Kier molecular flexibility index (Phi) is 12.0. The van der Waals surface area contributed by atoms with Crippen molar-refractivity contribution in [1.82, 2.24) is 10.2 Å². The van der Waals surface area contributed by atoms with E-state index in [1.54, 1.807) is 36.4 Å². The highest BCUT2D eigenvalue weighted by molar-refractivity contribution is 7.92. The summed E-state index contributed by atoms with van der Waals surface area (Å²) >= 11 is 0. The molecular formula is C37H43N3O5S. The van der Waals surface area contributed by atoms with Crippen molar-refractivity contribution in [3.05, 3.63) is 125 Å². The van der Waals surface area contributed by atoms with Crippen LogP contribution in [0.5, 0.6) is 5.75 Å². The first-order valence-electron chi connectivity index (χ1n) is 15.6. The summed E-state index contributed by atoms with van der Waals surface area (Å²) in [4.78, 5) is 29.8. The van der Waals surface area contributed by atoms with Crippen molar-refractivity contribution in [2.24, 2.45) is 0 Å². The number of anilines is 1. The number of ether oxygens (including phenoxy) is 1. The molecule has 46 heavy (non-hydrogen) atoms. The summed E-state index contributed by atoms with van der Waals surface area (Å²) < 4.78 is 35.1. The van der Waals surface area contributed by atoms with Gasteiger partial charge in [-0.1, -0.05) is 84.8 Å². The molecule has 242 valence electrons. The van der Waals surface area contributed by atoms with Crippen molar-refractivity contribution < 1.29 is 22.7 Å². The summed E-state index contributed by atoms with van der Waals surface area (Å²) in [5.74, 6) is -0.209. The topological polar surface area (TPSA) is 96.0 Å². The number of carbonyl (C=O) groups is 2. The van der Waals surface area contributed by atoms with Gasteiger partial charge in [-0.3, -0.25) is 13.9 Å². The molecule has 0 saturated heterocycles. The number of aryl methyl sites for hydroxylation is 2. The van der Waals surface area contributed by atoms with Crippen molar-refractivity contribution in [1.29, 1.82) is 0 Å². The smallest absolute Gasteiger partial charge is 0.264 e. The molecule has 0 spiro atoms. The van der Waals surface area contributed by atoms with Crippen molar-refractivity contribution in [2.45, 2.75) is 58.0 Å². The fourth-order valence-corrected chi connectivity index (χ4v) is 6.47. The molecule has 0 aliphatic rings. The molecule has 0 fully saturated rings. The Morgan fingerprint density at radius 3 is 1.98 bits per heavy atom. The van der Waals surface area contributed by atoms with Gasteiger partial charge in [0.25, 0.3) is 10.0 Å². The molecule has 8 nitrogen and oxygen atoms in total. The Bertz CT molecular complexity index is 1670. The maximum atomic E-state index is 14.5. The van der Waals surface area contributed by atoms with E-state index in [9.17, 15) is 18.0 Å². The second-order valence-electron chi connectivity index (χ2n) is 11.3. The molecule has 4 aromatic rings. The maximum absolute atomic E-state index is 14.5. The Balaban J connectivity index is 1.79. The predicted octanol–water partition coefficient (Wildman–Crippen LogP) is 6.06. The molecule has 0 aromatic heterocycles. The molecule has 0 heterocycles. The minimum absolute atomic E-state index is 0.0615. The Hall–Kier alpha value is -4.63. The predicted molar refractivity (Wildman–Crippen MR) is 182 cm³/mol. The molecule has 1 N–H and O–H groups in total. The molecule has 4 aromatic carbocycles. The Labute approximate surface area is 273 Å². The van der Waals surface area contributed by atoms with Gasteiger partial charge in [0.1, 0.15) is 18.3 Å². The molecule has 0 saturated carbocycles. The molecule has 0 bridgehead atoms. The lowest BCUT2D eigenvalue weighted by Gasteiger charge is -2.34. The summed E-state index contributed by atoms with van der Waals surface area (Å²) in [6.45, 7) is 8.21. The molecule has 0 aliphatic heterocycles. The molecular weight excluding hydrogens is 598 g/mol. The van der Waals surface area contributed by atoms with Crippen LogP contribution in [0.4, 0.5) is 5.69 Å². The fourth-order valence-electron chi connectivity index (χ4n) is 5.05.